The minimum absolute atomic E-state index is 0.149. The Hall–Kier alpha value is -2.05. The first-order valence-corrected chi connectivity index (χ1v) is 8.34. The number of carbonyl (C=O) groups is 1. The van der Waals surface area contributed by atoms with Crippen LogP contribution in [0.15, 0.2) is 53.4 Å². The van der Waals surface area contributed by atoms with Gasteiger partial charge in [0.15, 0.2) is 0 Å². The predicted molar refractivity (Wildman–Crippen MR) is 82.6 cm³/mol. The average molecular weight is 338 g/mol. The minimum Gasteiger partial charge on any atom is -0.481 e. The van der Waals surface area contributed by atoms with Gasteiger partial charge < -0.3 is 5.11 Å². The molecule has 22 heavy (non-hydrogen) atoms. The summed E-state index contributed by atoms with van der Waals surface area (Å²) in [6.07, 6.45) is -0.307. The van der Waals surface area contributed by atoms with Crippen molar-refractivity contribution in [2.75, 3.05) is 4.31 Å². The number of halogens is 1. The lowest BCUT2D eigenvalue weighted by Crippen LogP contribution is -2.29. The maximum Gasteiger partial charge on any atom is 0.305 e. The minimum atomic E-state index is -3.78. The van der Waals surface area contributed by atoms with Gasteiger partial charge in [-0.05, 0) is 35.9 Å². The van der Waals surface area contributed by atoms with Gasteiger partial charge >= 0.3 is 5.97 Å². The summed E-state index contributed by atoms with van der Waals surface area (Å²) in [6.45, 7) is 0. The van der Waals surface area contributed by atoms with Gasteiger partial charge in [0, 0.05) is 5.02 Å². The molecule has 1 atom stereocenters. The number of carboxylic acids is 1. The largest absolute Gasteiger partial charge is 0.481 e. The van der Waals surface area contributed by atoms with E-state index in [4.69, 9.17) is 16.7 Å². The van der Waals surface area contributed by atoms with E-state index in [2.05, 4.69) is 0 Å². The van der Waals surface area contributed by atoms with E-state index in [0.717, 1.165) is 4.31 Å². The number of rotatable bonds is 3. The van der Waals surface area contributed by atoms with Crippen LogP contribution in [0.3, 0.4) is 0 Å². The second-order valence-electron chi connectivity index (χ2n) is 4.93. The summed E-state index contributed by atoms with van der Waals surface area (Å²) in [5, 5.41) is 9.62. The van der Waals surface area contributed by atoms with Gasteiger partial charge in [-0.25, -0.2) is 8.42 Å². The molecule has 0 saturated carbocycles. The van der Waals surface area contributed by atoms with Crippen LogP contribution in [0, 0.1) is 0 Å². The quantitative estimate of drug-likeness (QED) is 0.934. The van der Waals surface area contributed by atoms with E-state index < -0.39 is 22.0 Å². The van der Waals surface area contributed by atoms with Crippen LogP contribution in [-0.4, -0.2) is 19.5 Å². The summed E-state index contributed by atoms with van der Waals surface area (Å²) in [7, 11) is -3.78. The number of sulfonamides is 1. The van der Waals surface area contributed by atoms with Crippen LogP contribution >= 0.6 is 11.6 Å². The summed E-state index contributed by atoms with van der Waals surface area (Å²) in [5.74, 6) is -1.06. The second kappa shape index (κ2) is 5.30. The zero-order valence-electron chi connectivity index (χ0n) is 11.3. The number of hydrogen-bond donors (Lipinski definition) is 1. The molecule has 0 bridgehead atoms. The lowest BCUT2D eigenvalue weighted by Gasteiger charge is -2.24. The zero-order valence-corrected chi connectivity index (χ0v) is 12.9. The fourth-order valence-corrected chi connectivity index (χ4v) is 4.67. The average Bonchev–Trinajstić information content (AvgIpc) is 2.68. The molecule has 7 heteroatoms. The molecule has 1 aliphatic heterocycles. The first kappa shape index (κ1) is 14.9. The maximum absolute atomic E-state index is 12.8. The molecule has 3 rings (SSSR count). The summed E-state index contributed by atoms with van der Waals surface area (Å²) in [4.78, 5) is 11.3. The van der Waals surface area contributed by atoms with Gasteiger partial charge in [-0.1, -0.05) is 29.8 Å². The molecular formula is C15H12ClNO4S. The summed E-state index contributed by atoms with van der Waals surface area (Å²) >= 11 is 5.84. The number of aliphatic carboxylic acids is 1. The van der Waals surface area contributed by atoms with Crippen molar-refractivity contribution >= 4 is 33.3 Å². The maximum atomic E-state index is 12.8. The van der Waals surface area contributed by atoms with Crippen molar-refractivity contribution in [2.24, 2.45) is 0 Å². The van der Waals surface area contributed by atoms with Crippen molar-refractivity contribution in [1.29, 1.82) is 0 Å². The number of anilines is 1. The molecule has 5 nitrogen and oxygen atoms in total. The number of fused-ring (bicyclic) bond motifs is 1. The standard InChI is InChI=1S/C15H12ClNO4S/c16-10-5-7-11(8-6-10)17-13(9-15(18)19)12-3-1-2-4-14(12)22(17,20)21/h1-8,13H,9H2,(H,18,19). The molecule has 2 aromatic rings. The lowest BCUT2D eigenvalue weighted by molar-refractivity contribution is -0.137. The summed E-state index contributed by atoms with van der Waals surface area (Å²) in [5.41, 5.74) is 0.895. The van der Waals surface area contributed by atoms with Gasteiger partial charge in [0.1, 0.15) is 0 Å². The highest BCUT2D eigenvalue weighted by Gasteiger charge is 2.43. The molecule has 0 spiro atoms. The Morgan fingerprint density at radius 3 is 2.41 bits per heavy atom. The fraction of sp³-hybridized carbons (Fsp3) is 0.133. The van der Waals surface area contributed by atoms with Crippen molar-refractivity contribution in [1.82, 2.24) is 0 Å². The first-order chi connectivity index (χ1) is 10.4. The molecule has 0 aromatic heterocycles. The molecule has 0 aliphatic carbocycles. The first-order valence-electron chi connectivity index (χ1n) is 6.52. The van der Waals surface area contributed by atoms with Crippen molar-refractivity contribution in [3.63, 3.8) is 0 Å². The molecule has 1 N–H and O–H groups in total. The molecule has 1 aliphatic rings. The van der Waals surface area contributed by atoms with Gasteiger partial charge in [-0.15, -0.1) is 0 Å². The monoisotopic (exact) mass is 337 g/mol. The topological polar surface area (TPSA) is 74.7 Å². The van der Waals surface area contributed by atoms with E-state index >= 15 is 0 Å². The normalized spacial score (nSPS) is 19.0. The van der Waals surface area contributed by atoms with Gasteiger partial charge in [-0.3, -0.25) is 9.10 Å². The molecule has 0 amide bonds. The van der Waals surface area contributed by atoms with Crippen LogP contribution < -0.4 is 4.31 Å². The van der Waals surface area contributed by atoms with Gasteiger partial charge in [-0.2, -0.15) is 0 Å². The van der Waals surface area contributed by atoms with Gasteiger partial charge in [0.05, 0.1) is 23.0 Å². The van der Waals surface area contributed by atoms with Crippen LogP contribution in [0.4, 0.5) is 5.69 Å². The van der Waals surface area contributed by atoms with Gasteiger partial charge in [0.2, 0.25) is 0 Å². The highest BCUT2D eigenvalue weighted by molar-refractivity contribution is 7.93. The van der Waals surface area contributed by atoms with Crippen molar-refractivity contribution in [3.8, 4) is 0 Å². The number of hydrogen-bond acceptors (Lipinski definition) is 3. The van der Waals surface area contributed by atoms with Crippen LogP contribution in [0.25, 0.3) is 0 Å². The van der Waals surface area contributed by atoms with E-state index in [0.29, 0.717) is 16.3 Å². The molecule has 0 radical (unpaired) electrons. The van der Waals surface area contributed by atoms with E-state index in [9.17, 15) is 13.2 Å². The van der Waals surface area contributed by atoms with Crippen molar-refractivity contribution in [2.45, 2.75) is 17.4 Å². The third-order valence-corrected chi connectivity index (χ3v) is 5.71. The molecule has 0 fully saturated rings. The third-order valence-electron chi connectivity index (χ3n) is 3.55. The Kier molecular flexibility index (Phi) is 3.58. The molecule has 114 valence electrons. The SMILES string of the molecule is O=C(O)CC1c2ccccc2S(=O)(=O)N1c1ccc(Cl)cc1. The fourth-order valence-electron chi connectivity index (χ4n) is 2.66. The van der Waals surface area contributed by atoms with Gasteiger partial charge in [0.25, 0.3) is 10.0 Å². The number of nitrogens with zero attached hydrogens (tertiary/aromatic N) is 1. The zero-order chi connectivity index (χ0) is 15.9. The Morgan fingerprint density at radius 1 is 1.14 bits per heavy atom. The van der Waals surface area contributed by atoms with Crippen LogP contribution in [-0.2, 0) is 14.8 Å². The predicted octanol–water partition coefficient (Wildman–Crippen LogP) is 3.06. The van der Waals surface area contributed by atoms with Crippen LogP contribution in [0.2, 0.25) is 5.02 Å². The van der Waals surface area contributed by atoms with E-state index in [1.165, 1.54) is 6.07 Å². The van der Waals surface area contributed by atoms with E-state index in [1.807, 2.05) is 0 Å². The Labute approximate surface area is 132 Å². The highest BCUT2D eigenvalue weighted by Crippen LogP contribution is 2.44. The highest BCUT2D eigenvalue weighted by atomic mass is 35.5. The number of benzene rings is 2. The van der Waals surface area contributed by atoms with E-state index in [1.54, 1.807) is 42.5 Å². The summed E-state index contributed by atoms with van der Waals surface area (Å²) in [6, 6.07) is 12.0. The second-order valence-corrected chi connectivity index (χ2v) is 7.15. The Balaban J connectivity index is 2.19. The van der Waals surface area contributed by atoms with Crippen molar-refractivity contribution in [3.05, 3.63) is 59.1 Å². The summed E-state index contributed by atoms with van der Waals surface area (Å²) < 4.78 is 26.7. The van der Waals surface area contributed by atoms with E-state index in [-0.39, 0.29) is 11.3 Å². The van der Waals surface area contributed by atoms with Crippen LogP contribution in [0.5, 0.6) is 0 Å². The molecule has 2 aromatic carbocycles. The van der Waals surface area contributed by atoms with Crippen LogP contribution in [0.1, 0.15) is 18.0 Å². The Bertz CT molecular complexity index is 833. The molecular weight excluding hydrogens is 326 g/mol. The molecule has 1 heterocycles. The molecule has 1 unspecified atom stereocenters. The number of carboxylic acid groups (broad SMARTS) is 1. The van der Waals surface area contributed by atoms with Crippen molar-refractivity contribution < 1.29 is 18.3 Å². The third kappa shape index (κ3) is 2.34. The lowest BCUT2D eigenvalue weighted by atomic mass is 10.0. The Morgan fingerprint density at radius 2 is 1.77 bits per heavy atom. The smallest absolute Gasteiger partial charge is 0.305 e. The molecule has 0 saturated heterocycles.